The van der Waals surface area contributed by atoms with E-state index in [1.54, 1.807) is 0 Å². The number of rotatable bonds is 3. The Balaban J connectivity index is 2.99. The number of nitrogens with one attached hydrogen (secondary N) is 1. The standard InChI is InChI=1S/C9H11N3O4/c1-5(10)9(14)11-7-4-6(12(15)16)2-3-8(7)13/h2-5,13H,10H2,1H3,(H,11,14)/t5-/m1/s1. The molecule has 7 nitrogen and oxygen atoms in total. The average Bonchev–Trinajstić information content (AvgIpc) is 2.20. The van der Waals surface area contributed by atoms with Gasteiger partial charge in [0.2, 0.25) is 5.91 Å². The molecule has 0 aromatic heterocycles. The average molecular weight is 225 g/mol. The number of nitro benzene ring substituents is 1. The van der Waals surface area contributed by atoms with E-state index in [1.807, 2.05) is 0 Å². The number of non-ortho nitro benzene ring substituents is 1. The summed E-state index contributed by atoms with van der Waals surface area (Å²) in [4.78, 5) is 21.1. The van der Waals surface area contributed by atoms with Gasteiger partial charge in [0.05, 0.1) is 16.7 Å². The predicted molar refractivity (Wildman–Crippen MR) is 57.0 cm³/mol. The second kappa shape index (κ2) is 4.58. The summed E-state index contributed by atoms with van der Waals surface area (Å²) in [6.07, 6.45) is 0. The van der Waals surface area contributed by atoms with Gasteiger partial charge in [0.25, 0.3) is 5.69 Å². The second-order valence-electron chi connectivity index (χ2n) is 3.24. The maximum Gasteiger partial charge on any atom is 0.271 e. The number of phenolic OH excluding ortho intramolecular Hbond substituents is 1. The molecular weight excluding hydrogens is 214 g/mol. The summed E-state index contributed by atoms with van der Waals surface area (Å²) in [5.41, 5.74) is 5.05. The third-order valence-corrected chi connectivity index (χ3v) is 1.86. The molecule has 7 heteroatoms. The first-order valence-corrected chi connectivity index (χ1v) is 4.45. The monoisotopic (exact) mass is 225 g/mol. The highest BCUT2D eigenvalue weighted by Gasteiger charge is 2.14. The van der Waals surface area contributed by atoms with E-state index >= 15 is 0 Å². The van der Waals surface area contributed by atoms with Crippen LogP contribution in [0.15, 0.2) is 18.2 Å². The molecule has 86 valence electrons. The molecule has 0 unspecified atom stereocenters. The fourth-order valence-electron chi connectivity index (χ4n) is 0.984. The minimum atomic E-state index is -0.765. The number of carbonyl (C=O) groups is 1. The third-order valence-electron chi connectivity index (χ3n) is 1.86. The van der Waals surface area contributed by atoms with Crippen LogP contribution in [0.4, 0.5) is 11.4 Å². The maximum absolute atomic E-state index is 11.2. The van der Waals surface area contributed by atoms with Gasteiger partial charge < -0.3 is 16.2 Å². The lowest BCUT2D eigenvalue weighted by Gasteiger charge is -2.08. The molecule has 0 bridgehead atoms. The van der Waals surface area contributed by atoms with Crippen molar-refractivity contribution in [3.8, 4) is 5.75 Å². The fourth-order valence-corrected chi connectivity index (χ4v) is 0.984. The van der Waals surface area contributed by atoms with Gasteiger partial charge >= 0.3 is 0 Å². The van der Waals surface area contributed by atoms with Crippen LogP contribution >= 0.6 is 0 Å². The first kappa shape index (κ1) is 11.9. The zero-order chi connectivity index (χ0) is 12.3. The lowest BCUT2D eigenvalue weighted by molar-refractivity contribution is -0.384. The van der Waals surface area contributed by atoms with Gasteiger partial charge in [0, 0.05) is 12.1 Å². The van der Waals surface area contributed by atoms with Gasteiger partial charge in [-0.1, -0.05) is 0 Å². The number of anilines is 1. The predicted octanol–water partition coefficient (Wildman–Crippen LogP) is 0.586. The molecule has 1 aromatic carbocycles. The topological polar surface area (TPSA) is 118 Å². The molecule has 1 atom stereocenters. The summed E-state index contributed by atoms with van der Waals surface area (Å²) in [7, 11) is 0. The number of benzene rings is 1. The van der Waals surface area contributed by atoms with Gasteiger partial charge in [-0.25, -0.2) is 0 Å². The van der Waals surface area contributed by atoms with Crippen LogP contribution < -0.4 is 11.1 Å². The number of amides is 1. The highest BCUT2D eigenvalue weighted by Crippen LogP contribution is 2.27. The largest absolute Gasteiger partial charge is 0.506 e. The third kappa shape index (κ3) is 2.67. The minimum absolute atomic E-state index is 0.0310. The van der Waals surface area contributed by atoms with Gasteiger partial charge in [-0.05, 0) is 13.0 Å². The number of phenols is 1. The Labute approximate surface area is 91.0 Å². The molecule has 1 rings (SSSR count). The van der Waals surface area contributed by atoms with Crippen LogP contribution in [-0.4, -0.2) is 22.0 Å². The molecule has 0 aliphatic carbocycles. The first-order valence-electron chi connectivity index (χ1n) is 4.45. The van der Waals surface area contributed by atoms with Gasteiger partial charge in [-0.3, -0.25) is 14.9 Å². The van der Waals surface area contributed by atoms with Crippen LogP contribution in [0, 0.1) is 10.1 Å². The molecule has 0 saturated carbocycles. The van der Waals surface area contributed by atoms with Crippen LogP contribution in [0.25, 0.3) is 0 Å². The van der Waals surface area contributed by atoms with E-state index in [2.05, 4.69) is 5.32 Å². The SMILES string of the molecule is C[C@@H](N)C(=O)Nc1cc([N+](=O)[O-])ccc1O. The lowest BCUT2D eigenvalue weighted by Crippen LogP contribution is -2.32. The Kier molecular flexibility index (Phi) is 3.41. The highest BCUT2D eigenvalue weighted by molar-refractivity contribution is 5.95. The number of hydrogen-bond acceptors (Lipinski definition) is 5. The summed E-state index contributed by atoms with van der Waals surface area (Å²) >= 11 is 0. The maximum atomic E-state index is 11.2. The minimum Gasteiger partial charge on any atom is -0.506 e. The van der Waals surface area contributed by atoms with Gasteiger partial charge in [-0.15, -0.1) is 0 Å². The van der Waals surface area contributed by atoms with E-state index in [0.717, 1.165) is 18.2 Å². The second-order valence-corrected chi connectivity index (χ2v) is 3.24. The number of aromatic hydroxyl groups is 1. The number of hydrogen-bond donors (Lipinski definition) is 3. The van der Waals surface area contributed by atoms with Crippen molar-refractivity contribution in [3.05, 3.63) is 28.3 Å². The van der Waals surface area contributed by atoms with Crippen LogP contribution in [0.5, 0.6) is 5.75 Å². The van der Waals surface area contributed by atoms with Gasteiger partial charge in [0.15, 0.2) is 0 Å². The van der Waals surface area contributed by atoms with Crippen molar-refractivity contribution >= 4 is 17.3 Å². The van der Waals surface area contributed by atoms with E-state index in [0.29, 0.717) is 0 Å². The van der Waals surface area contributed by atoms with E-state index in [-0.39, 0.29) is 17.1 Å². The number of nitrogens with two attached hydrogens (primary N) is 1. The number of nitro groups is 1. The van der Waals surface area contributed by atoms with Crippen molar-refractivity contribution in [2.24, 2.45) is 5.73 Å². The number of nitrogens with zero attached hydrogens (tertiary/aromatic N) is 1. The number of carbonyl (C=O) groups excluding carboxylic acids is 1. The smallest absolute Gasteiger partial charge is 0.271 e. The zero-order valence-corrected chi connectivity index (χ0v) is 8.51. The fraction of sp³-hybridized carbons (Fsp3) is 0.222. The van der Waals surface area contributed by atoms with Crippen LogP contribution in [0.1, 0.15) is 6.92 Å². The van der Waals surface area contributed by atoms with Crippen molar-refractivity contribution in [1.82, 2.24) is 0 Å². The Morgan fingerprint density at radius 2 is 2.25 bits per heavy atom. The van der Waals surface area contributed by atoms with Crippen molar-refractivity contribution < 1.29 is 14.8 Å². The molecule has 4 N–H and O–H groups in total. The molecule has 1 amide bonds. The Hall–Kier alpha value is -2.15. The molecule has 0 saturated heterocycles. The van der Waals surface area contributed by atoms with E-state index in [1.165, 1.54) is 6.92 Å². The Morgan fingerprint density at radius 3 is 2.75 bits per heavy atom. The molecule has 0 spiro atoms. The summed E-state index contributed by atoms with van der Waals surface area (Å²) < 4.78 is 0. The van der Waals surface area contributed by atoms with Crippen LogP contribution in [0.3, 0.4) is 0 Å². The molecule has 16 heavy (non-hydrogen) atoms. The summed E-state index contributed by atoms with van der Waals surface area (Å²) in [5, 5.41) is 22.1. The van der Waals surface area contributed by atoms with Crippen molar-refractivity contribution in [2.45, 2.75) is 13.0 Å². The van der Waals surface area contributed by atoms with E-state index in [9.17, 15) is 20.0 Å². The van der Waals surface area contributed by atoms with Crippen LogP contribution in [0.2, 0.25) is 0 Å². The summed E-state index contributed by atoms with van der Waals surface area (Å²) in [6, 6.07) is 2.57. The Morgan fingerprint density at radius 1 is 1.62 bits per heavy atom. The molecule has 0 radical (unpaired) electrons. The van der Waals surface area contributed by atoms with Crippen LogP contribution in [-0.2, 0) is 4.79 Å². The quantitative estimate of drug-likeness (QED) is 0.395. The van der Waals surface area contributed by atoms with E-state index in [4.69, 9.17) is 5.73 Å². The normalized spacial score (nSPS) is 11.9. The molecule has 0 aliphatic rings. The Bertz CT molecular complexity index is 431. The summed E-state index contributed by atoms with van der Waals surface area (Å²) in [6.45, 7) is 1.46. The molecule has 0 aliphatic heterocycles. The molecule has 0 fully saturated rings. The molecular formula is C9H11N3O4. The van der Waals surface area contributed by atoms with E-state index < -0.39 is 16.9 Å². The first-order chi connectivity index (χ1) is 7.41. The highest BCUT2D eigenvalue weighted by atomic mass is 16.6. The molecule has 1 aromatic rings. The van der Waals surface area contributed by atoms with Gasteiger partial charge in [0.1, 0.15) is 5.75 Å². The van der Waals surface area contributed by atoms with Crippen molar-refractivity contribution in [1.29, 1.82) is 0 Å². The van der Waals surface area contributed by atoms with Gasteiger partial charge in [-0.2, -0.15) is 0 Å². The zero-order valence-electron chi connectivity index (χ0n) is 8.51. The van der Waals surface area contributed by atoms with Crippen molar-refractivity contribution in [3.63, 3.8) is 0 Å². The summed E-state index contributed by atoms with van der Waals surface area (Å²) in [5.74, 6) is -0.782. The lowest BCUT2D eigenvalue weighted by atomic mass is 10.2. The van der Waals surface area contributed by atoms with Crippen molar-refractivity contribution in [2.75, 3.05) is 5.32 Å². The molecule has 0 heterocycles.